The lowest BCUT2D eigenvalue weighted by atomic mass is 9.88. The van der Waals surface area contributed by atoms with Crippen LogP contribution in [0.15, 0.2) is 53.5 Å². The molecule has 1 saturated heterocycles. The average molecular weight is 470 g/mol. The van der Waals surface area contributed by atoms with Crippen molar-refractivity contribution in [3.63, 3.8) is 0 Å². The minimum Gasteiger partial charge on any atom is -0.463 e. The number of likely N-dealkylation sites (tertiary alicyclic amines) is 1. The Labute approximate surface area is 198 Å². The van der Waals surface area contributed by atoms with Crippen LogP contribution in [0.25, 0.3) is 0 Å². The Morgan fingerprint density at radius 3 is 2.56 bits per heavy atom. The van der Waals surface area contributed by atoms with Crippen LogP contribution in [0, 0.1) is 5.82 Å². The summed E-state index contributed by atoms with van der Waals surface area (Å²) in [6.07, 6.45) is 0.279. The van der Waals surface area contributed by atoms with Gasteiger partial charge in [-0.25, -0.2) is 18.6 Å². The molecular weight excluding hydrogens is 440 g/mol. The molecule has 0 aliphatic carbocycles. The van der Waals surface area contributed by atoms with Gasteiger partial charge < -0.3 is 19.3 Å². The molecule has 0 N–H and O–H groups in total. The highest BCUT2D eigenvalue weighted by molar-refractivity contribution is 5.78. The largest absolute Gasteiger partial charge is 0.463 e. The van der Waals surface area contributed by atoms with Crippen molar-refractivity contribution in [2.24, 2.45) is 4.99 Å². The fraction of sp³-hybridized carbons (Fsp3) is 0.462. The molecule has 34 heavy (non-hydrogen) atoms. The second-order valence-electron chi connectivity index (χ2n) is 10.2. The van der Waals surface area contributed by atoms with Gasteiger partial charge in [-0.05, 0) is 56.0 Å². The Bertz CT molecular complexity index is 1110. The summed E-state index contributed by atoms with van der Waals surface area (Å²) in [4.78, 5) is 20.3. The molecule has 0 radical (unpaired) electrons. The second kappa shape index (κ2) is 8.25. The quantitative estimate of drug-likeness (QED) is 0.651. The van der Waals surface area contributed by atoms with Crippen LogP contribution in [-0.2, 0) is 15.9 Å². The molecule has 0 aromatic heterocycles. The topological polar surface area (TPSA) is 54.4 Å². The van der Waals surface area contributed by atoms with E-state index in [1.165, 1.54) is 22.6 Å². The van der Waals surface area contributed by atoms with Crippen molar-refractivity contribution in [1.82, 2.24) is 9.80 Å². The number of hydrogen-bond acceptors (Lipinski definition) is 5. The Hall–Kier alpha value is -3.16. The summed E-state index contributed by atoms with van der Waals surface area (Å²) >= 11 is 0. The first-order chi connectivity index (χ1) is 16.1. The minimum absolute atomic E-state index is 0.0725. The van der Waals surface area contributed by atoms with E-state index in [1.807, 2.05) is 17.0 Å². The number of aliphatic imine (C=N–C) groups is 1. The number of carbonyl (C=O) groups is 1. The van der Waals surface area contributed by atoms with Crippen LogP contribution in [0.2, 0.25) is 0 Å². The lowest BCUT2D eigenvalue weighted by molar-refractivity contribution is -0.0640. The molecule has 0 bridgehead atoms. The zero-order valence-electron chi connectivity index (χ0n) is 19.6. The van der Waals surface area contributed by atoms with Crippen molar-refractivity contribution in [3.8, 4) is 0 Å². The number of amides is 1. The van der Waals surface area contributed by atoms with Crippen molar-refractivity contribution in [2.45, 2.75) is 50.5 Å². The molecule has 2 aromatic rings. The number of nitrogens with zero attached hydrogens (tertiary/aromatic N) is 3. The molecule has 3 aliphatic heterocycles. The second-order valence-corrected chi connectivity index (χ2v) is 10.2. The molecule has 8 heteroatoms. The van der Waals surface area contributed by atoms with Gasteiger partial charge in [0.1, 0.15) is 24.1 Å². The summed E-state index contributed by atoms with van der Waals surface area (Å²) in [5, 5.41) is 0. The van der Waals surface area contributed by atoms with Crippen LogP contribution in [0.4, 0.5) is 13.6 Å². The van der Waals surface area contributed by atoms with Gasteiger partial charge in [0.05, 0.1) is 19.1 Å². The van der Waals surface area contributed by atoms with E-state index in [0.717, 1.165) is 17.5 Å². The number of fused-ring (bicyclic) bond motifs is 1. The molecule has 0 saturated carbocycles. The molecule has 180 valence electrons. The number of hydrogen-bond donors (Lipinski definition) is 0. The number of amidine groups is 1. The fourth-order valence-electron chi connectivity index (χ4n) is 4.82. The highest BCUT2D eigenvalue weighted by atomic mass is 19.1. The first kappa shape index (κ1) is 22.6. The fourth-order valence-corrected chi connectivity index (χ4v) is 4.82. The molecule has 3 heterocycles. The maximum Gasteiger partial charge on any atom is 0.410 e. The Morgan fingerprint density at radius 1 is 1.15 bits per heavy atom. The third-order valence-electron chi connectivity index (χ3n) is 6.51. The van der Waals surface area contributed by atoms with E-state index < -0.39 is 23.4 Å². The number of rotatable bonds is 2. The van der Waals surface area contributed by atoms with Gasteiger partial charge >= 0.3 is 6.09 Å². The Kier molecular flexibility index (Phi) is 5.49. The van der Waals surface area contributed by atoms with Crippen LogP contribution < -0.4 is 0 Å². The summed E-state index contributed by atoms with van der Waals surface area (Å²) in [6, 6.07) is 14.1. The number of benzene rings is 2. The summed E-state index contributed by atoms with van der Waals surface area (Å²) < 4.78 is 40.5. The van der Waals surface area contributed by atoms with E-state index in [0.29, 0.717) is 12.6 Å². The molecule has 0 spiro atoms. The first-order valence-electron chi connectivity index (χ1n) is 11.6. The molecule has 1 amide bonds. The normalized spacial score (nSPS) is 23.5. The summed E-state index contributed by atoms with van der Waals surface area (Å²) in [5.74, 6) is -0.298. The van der Waals surface area contributed by atoms with Crippen molar-refractivity contribution in [1.29, 1.82) is 0 Å². The first-order valence-corrected chi connectivity index (χ1v) is 11.6. The van der Waals surface area contributed by atoms with E-state index in [4.69, 9.17) is 9.47 Å². The number of halogens is 2. The van der Waals surface area contributed by atoms with Gasteiger partial charge in [0.2, 0.25) is 0 Å². The molecule has 6 nitrogen and oxygen atoms in total. The lowest BCUT2D eigenvalue weighted by Gasteiger charge is -2.45. The Balaban J connectivity index is 1.36. The van der Waals surface area contributed by atoms with E-state index in [9.17, 15) is 9.18 Å². The van der Waals surface area contributed by atoms with Crippen LogP contribution >= 0.6 is 0 Å². The van der Waals surface area contributed by atoms with E-state index in [1.54, 1.807) is 32.9 Å². The van der Waals surface area contributed by atoms with Gasteiger partial charge in [-0.2, -0.15) is 0 Å². The van der Waals surface area contributed by atoms with E-state index in [-0.39, 0.29) is 31.6 Å². The zero-order valence-corrected chi connectivity index (χ0v) is 19.6. The summed E-state index contributed by atoms with van der Waals surface area (Å²) in [7, 11) is 0. The van der Waals surface area contributed by atoms with Gasteiger partial charge in [0.25, 0.3) is 6.02 Å². The van der Waals surface area contributed by atoms with Crippen molar-refractivity contribution in [3.05, 3.63) is 71.0 Å². The Morgan fingerprint density at radius 2 is 1.85 bits per heavy atom. The molecular formula is C26H29F2N3O3. The predicted molar refractivity (Wildman–Crippen MR) is 124 cm³/mol. The zero-order chi connectivity index (χ0) is 24.1. The van der Waals surface area contributed by atoms with Crippen molar-refractivity contribution in [2.75, 3.05) is 26.2 Å². The molecule has 5 rings (SSSR count). The highest BCUT2D eigenvalue weighted by Gasteiger charge is 2.55. The lowest BCUT2D eigenvalue weighted by Crippen LogP contribution is -2.66. The molecule has 3 aliphatic rings. The maximum atomic E-state index is 15.6. The highest BCUT2D eigenvalue weighted by Crippen LogP contribution is 2.39. The molecule has 1 fully saturated rings. The van der Waals surface area contributed by atoms with E-state index in [2.05, 4.69) is 17.1 Å². The summed E-state index contributed by atoms with van der Waals surface area (Å²) in [6.45, 7) is 5.96. The van der Waals surface area contributed by atoms with Gasteiger partial charge in [0, 0.05) is 6.54 Å². The van der Waals surface area contributed by atoms with Gasteiger partial charge in [-0.1, -0.05) is 36.4 Å². The minimum atomic E-state index is -1.66. The molecule has 2 aromatic carbocycles. The van der Waals surface area contributed by atoms with Gasteiger partial charge in [-0.15, -0.1) is 0 Å². The monoisotopic (exact) mass is 469 g/mol. The number of carbonyl (C=O) groups excluding carboxylic acids is 1. The number of ether oxygens (including phenoxy) is 2. The SMILES string of the molecule is CC(C)(C)OC(=O)N1CC(F)([C@H]2COC(N3CCc4ccccc4[C@@H]3c3ccc(F)cc3)=N2)C1. The molecule has 2 atom stereocenters. The van der Waals surface area contributed by atoms with Gasteiger partial charge in [-0.3, -0.25) is 0 Å². The standard InChI is InChI=1S/C26H29F2N3O3/c1-25(2,3)34-24(32)30-15-26(28,16-30)21-14-33-23(29-21)31-13-12-17-6-4-5-7-20(17)22(31)18-8-10-19(27)11-9-18/h4-11,21-22H,12-16H2,1-3H3/t21-,22+/m1/s1. The smallest absolute Gasteiger partial charge is 0.410 e. The predicted octanol–water partition coefficient (Wildman–Crippen LogP) is 4.49. The third-order valence-corrected chi connectivity index (χ3v) is 6.51. The van der Waals surface area contributed by atoms with E-state index >= 15 is 4.39 Å². The average Bonchev–Trinajstić information content (AvgIpc) is 3.26. The van der Waals surface area contributed by atoms with Crippen LogP contribution in [0.1, 0.15) is 43.5 Å². The number of alkyl halides is 1. The van der Waals surface area contributed by atoms with Crippen LogP contribution in [0.5, 0.6) is 0 Å². The third kappa shape index (κ3) is 4.21. The van der Waals surface area contributed by atoms with Gasteiger partial charge in [0.15, 0.2) is 5.67 Å². The van der Waals surface area contributed by atoms with Crippen molar-refractivity contribution < 1.29 is 23.0 Å². The van der Waals surface area contributed by atoms with Crippen LogP contribution in [-0.4, -0.2) is 65.5 Å². The maximum absolute atomic E-state index is 15.6. The van der Waals surface area contributed by atoms with Crippen molar-refractivity contribution >= 4 is 12.1 Å². The van der Waals surface area contributed by atoms with Crippen LogP contribution in [0.3, 0.4) is 0 Å². The molecule has 0 unspecified atom stereocenters. The summed E-state index contributed by atoms with van der Waals surface area (Å²) in [5.41, 5.74) is 0.949.